The van der Waals surface area contributed by atoms with E-state index in [0.717, 1.165) is 31.6 Å². The fourth-order valence-electron chi connectivity index (χ4n) is 3.20. The molecule has 94 valence electrons. The molecule has 0 aliphatic heterocycles. The van der Waals surface area contributed by atoms with E-state index in [4.69, 9.17) is 5.26 Å². The Morgan fingerprint density at radius 1 is 1.18 bits per heavy atom. The molecule has 0 bridgehead atoms. The normalized spacial score (nSPS) is 29.1. The quantitative estimate of drug-likeness (QED) is 0.813. The first-order chi connectivity index (χ1) is 8.29. The number of carbonyl (C=O) groups is 1. The first-order valence-electron chi connectivity index (χ1n) is 6.98. The lowest BCUT2D eigenvalue weighted by Gasteiger charge is -2.16. The van der Waals surface area contributed by atoms with Crippen molar-refractivity contribution >= 4 is 5.91 Å². The number of nitrogens with zero attached hydrogens (tertiary/aromatic N) is 1. The smallest absolute Gasteiger partial charge is 0.220 e. The summed E-state index contributed by atoms with van der Waals surface area (Å²) in [4.78, 5) is 11.8. The summed E-state index contributed by atoms with van der Waals surface area (Å²) in [5.41, 5.74) is 0. The number of hydrogen-bond acceptors (Lipinski definition) is 2. The molecule has 2 unspecified atom stereocenters. The van der Waals surface area contributed by atoms with Crippen molar-refractivity contribution in [2.75, 3.05) is 0 Å². The Hall–Kier alpha value is -1.04. The summed E-state index contributed by atoms with van der Waals surface area (Å²) in [6.45, 7) is 0. The number of rotatable bonds is 4. The van der Waals surface area contributed by atoms with Gasteiger partial charge >= 0.3 is 0 Å². The average Bonchev–Trinajstić information content (AvgIpc) is 2.97. The summed E-state index contributed by atoms with van der Waals surface area (Å²) >= 11 is 0. The fraction of sp³-hybridized carbons (Fsp3) is 0.857. The number of nitrogens with one attached hydrogen (secondary N) is 1. The van der Waals surface area contributed by atoms with Crippen molar-refractivity contribution in [2.24, 2.45) is 11.8 Å². The molecule has 0 heterocycles. The molecule has 2 saturated carbocycles. The van der Waals surface area contributed by atoms with Gasteiger partial charge in [0.25, 0.3) is 0 Å². The van der Waals surface area contributed by atoms with E-state index in [0.29, 0.717) is 6.42 Å². The van der Waals surface area contributed by atoms with E-state index in [-0.39, 0.29) is 17.9 Å². The van der Waals surface area contributed by atoms with Crippen molar-refractivity contribution in [2.45, 2.75) is 63.8 Å². The van der Waals surface area contributed by atoms with Crippen LogP contribution in [0.4, 0.5) is 0 Å². The SMILES string of the molecule is N#CC1CCCC1NC(=O)CCC1CCCC1. The zero-order valence-corrected chi connectivity index (χ0v) is 10.5. The molecule has 0 aromatic rings. The van der Waals surface area contributed by atoms with Gasteiger partial charge < -0.3 is 5.32 Å². The van der Waals surface area contributed by atoms with Crippen LogP contribution in [0.25, 0.3) is 0 Å². The van der Waals surface area contributed by atoms with Crippen LogP contribution in [0.1, 0.15) is 57.8 Å². The Labute approximate surface area is 104 Å². The third-order valence-electron chi connectivity index (χ3n) is 4.28. The maximum Gasteiger partial charge on any atom is 0.220 e. The molecule has 0 aromatic carbocycles. The molecule has 2 aliphatic carbocycles. The molecule has 2 rings (SSSR count). The molecule has 3 heteroatoms. The van der Waals surface area contributed by atoms with Gasteiger partial charge in [-0.2, -0.15) is 5.26 Å². The molecule has 2 atom stereocenters. The van der Waals surface area contributed by atoms with Crippen LogP contribution >= 0.6 is 0 Å². The van der Waals surface area contributed by atoms with Crippen LogP contribution in [0.2, 0.25) is 0 Å². The summed E-state index contributed by atoms with van der Waals surface area (Å²) in [7, 11) is 0. The van der Waals surface area contributed by atoms with E-state index in [1.807, 2.05) is 0 Å². The zero-order valence-electron chi connectivity index (χ0n) is 10.5. The first kappa shape index (κ1) is 12.4. The van der Waals surface area contributed by atoms with Gasteiger partial charge in [-0.1, -0.05) is 25.7 Å². The Morgan fingerprint density at radius 2 is 1.94 bits per heavy atom. The van der Waals surface area contributed by atoms with Crippen LogP contribution < -0.4 is 5.32 Å². The molecule has 2 fully saturated rings. The van der Waals surface area contributed by atoms with Gasteiger partial charge in [-0.15, -0.1) is 0 Å². The average molecular weight is 234 g/mol. The summed E-state index contributed by atoms with van der Waals surface area (Å²) < 4.78 is 0. The molecule has 0 radical (unpaired) electrons. The van der Waals surface area contributed by atoms with E-state index in [1.54, 1.807) is 0 Å². The van der Waals surface area contributed by atoms with E-state index in [9.17, 15) is 4.79 Å². The minimum Gasteiger partial charge on any atom is -0.352 e. The maximum absolute atomic E-state index is 11.8. The topological polar surface area (TPSA) is 52.9 Å². The van der Waals surface area contributed by atoms with Crippen molar-refractivity contribution in [1.29, 1.82) is 5.26 Å². The lowest BCUT2D eigenvalue weighted by molar-refractivity contribution is -0.122. The molecule has 17 heavy (non-hydrogen) atoms. The van der Waals surface area contributed by atoms with Crippen molar-refractivity contribution in [3.63, 3.8) is 0 Å². The second-order valence-electron chi connectivity index (χ2n) is 5.53. The van der Waals surface area contributed by atoms with Crippen LogP contribution in [0.15, 0.2) is 0 Å². The molecular weight excluding hydrogens is 212 g/mol. The predicted octanol–water partition coefficient (Wildman–Crippen LogP) is 2.77. The summed E-state index contributed by atoms with van der Waals surface area (Å²) in [6.07, 6.45) is 9.98. The first-order valence-corrected chi connectivity index (χ1v) is 6.98. The van der Waals surface area contributed by atoms with E-state index >= 15 is 0 Å². The van der Waals surface area contributed by atoms with Crippen LogP contribution in [-0.4, -0.2) is 11.9 Å². The molecule has 0 aromatic heterocycles. The largest absolute Gasteiger partial charge is 0.352 e. The van der Waals surface area contributed by atoms with Gasteiger partial charge in [0, 0.05) is 12.5 Å². The predicted molar refractivity (Wildman–Crippen MR) is 66.1 cm³/mol. The minimum absolute atomic E-state index is 0.0467. The van der Waals surface area contributed by atoms with Gasteiger partial charge in [0.2, 0.25) is 5.91 Å². The fourth-order valence-corrected chi connectivity index (χ4v) is 3.20. The lowest BCUT2D eigenvalue weighted by Crippen LogP contribution is -2.36. The van der Waals surface area contributed by atoms with Crippen LogP contribution in [0, 0.1) is 23.2 Å². The Balaban J connectivity index is 1.68. The summed E-state index contributed by atoms with van der Waals surface area (Å²) in [5.74, 6) is 0.977. The Bertz CT molecular complexity index is 302. The maximum atomic E-state index is 11.8. The highest BCUT2D eigenvalue weighted by Crippen LogP contribution is 2.29. The van der Waals surface area contributed by atoms with E-state index in [1.165, 1.54) is 25.7 Å². The van der Waals surface area contributed by atoms with Crippen molar-refractivity contribution < 1.29 is 4.79 Å². The lowest BCUT2D eigenvalue weighted by atomic mass is 10.0. The highest BCUT2D eigenvalue weighted by atomic mass is 16.1. The van der Waals surface area contributed by atoms with E-state index < -0.39 is 0 Å². The van der Waals surface area contributed by atoms with Crippen LogP contribution in [0.5, 0.6) is 0 Å². The van der Waals surface area contributed by atoms with Crippen LogP contribution in [-0.2, 0) is 4.79 Å². The number of hydrogen-bond donors (Lipinski definition) is 1. The minimum atomic E-state index is 0.0467. The molecule has 1 N–H and O–H groups in total. The molecule has 3 nitrogen and oxygen atoms in total. The monoisotopic (exact) mass is 234 g/mol. The summed E-state index contributed by atoms with van der Waals surface area (Å²) in [5, 5.41) is 12.0. The Morgan fingerprint density at radius 3 is 2.65 bits per heavy atom. The molecule has 0 spiro atoms. The van der Waals surface area contributed by atoms with Gasteiger partial charge in [-0.3, -0.25) is 4.79 Å². The van der Waals surface area contributed by atoms with Gasteiger partial charge in [-0.05, 0) is 31.6 Å². The third kappa shape index (κ3) is 3.46. The number of amides is 1. The molecule has 1 amide bonds. The van der Waals surface area contributed by atoms with E-state index in [2.05, 4.69) is 11.4 Å². The molecular formula is C14H22N2O. The van der Waals surface area contributed by atoms with Gasteiger partial charge in [-0.25, -0.2) is 0 Å². The molecule has 2 aliphatic rings. The van der Waals surface area contributed by atoms with Gasteiger partial charge in [0.05, 0.1) is 12.0 Å². The zero-order chi connectivity index (χ0) is 12.1. The van der Waals surface area contributed by atoms with Crippen molar-refractivity contribution in [3.8, 4) is 6.07 Å². The van der Waals surface area contributed by atoms with Gasteiger partial charge in [0.1, 0.15) is 0 Å². The molecule has 0 saturated heterocycles. The number of carbonyl (C=O) groups excluding carboxylic acids is 1. The second-order valence-corrected chi connectivity index (χ2v) is 5.53. The van der Waals surface area contributed by atoms with Crippen molar-refractivity contribution in [1.82, 2.24) is 5.32 Å². The van der Waals surface area contributed by atoms with Gasteiger partial charge in [0.15, 0.2) is 0 Å². The highest BCUT2D eigenvalue weighted by molar-refractivity contribution is 5.76. The van der Waals surface area contributed by atoms with Crippen molar-refractivity contribution in [3.05, 3.63) is 0 Å². The Kier molecular flexibility index (Phi) is 4.42. The number of nitriles is 1. The second kappa shape index (κ2) is 6.05. The third-order valence-corrected chi connectivity index (χ3v) is 4.28. The summed E-state index contributed by atoms with van der Waals surface area (Å²) in [6, 6.07) is 2.42. The highest BCUT2D eigenvalue weighted by Gasteiger charge is 2.28. The standard InChI is InChI=1S/C14H22N2O/c15-10-12-6-3-7-13(12)16-14(17)9-8-11-4-1-2-5-11/h11-13H,1-9H2,(H,16,17). The van der Waals surface area contributed by atoms with Crippen LogP contribution in [0.3, 0.4) is 0 Å².